The van der Waals surface area contributed by atoms with Crippen molar-refractivity contribution in [1.29, 1.82) is 10.8 Å². The molecule has 10 heteroatoms. The second-order valence-corrected chi connectivity index (χ2v) is 8.60. The summed E-state index contributed by atoms with van der Waals surface area (Å²) in [5.41, 5.74) is -0.595. The number of hydrogen-bond acceptors (Lipinski definition) is 6. The maximum atomic E-state index is 14.5. The van der Waals surface area contributed by atoms with Crippen LogP contribution in [0.4, 0.5) is 8.78 Å². The lowest BCUT2D eigenvalue weighted by atomic mass is 10.1. The number of fused-ring (bicyclic) bond motifs is 1. The minimum Gasteiger partial charge on any atom is -0.481 e. The third kappa shape index (κ3) is 4.35. The molecule has 7 nitrogen and oxygen atoms in total. The first-order valence-corrected chi connectivity index (χ1v) is 11.2. The summed E-state index contributed by atoms with van der Waals surface area (Å²) in [5, 5.41) is 16.0. The first kappa shape index (κ1) is 24.0. The Morgan fingerprint density at radius 3 is 2.31 bits per heavy atom. The van der Waals surface area contributed by atoms with Gasteiger partial charge in [0.05, 0.1) is 19.0 Å². The van der Waals surface area contributed by atoms with Crippen molar-refractivity contribution >= 4 is 33.3 Å². The highest BCUT2D eigenvalue weighted by atomic mass is 32.1. The third-order valence-corrected chi connectivity index (χ3v) is 6.84. The van der Waals surface area contributed by atoms with Gasteiger partial charge in [-0.05, 0) is 36.3 Å². The van der Waals surface area contributed by atoms with Gasteiger partial charge in [0.2, 0.25) is 5.90 Å². The second kappa shape index (κ2) is 9.59. The first-order valence-electron chi connectivity index (χ1n) is 10.4. The van der Waals surface area contributed by atoms with Crippen molar-refractivity contribution in [2.45, 2.75) is 13.5 Å². The Hall–Kier alpha value is -4.18. The van der Waals surface area contributed by atoms with E-state index < -0.39 is 35.3 Å². The normalized spacial score (nSPS) is 11.3. The van der Waals surface area contributed by atoms with Crippen molar-refractivity contribution in [3.05, 3.63) is 104 Å². The Morgan fingerprint density at radius 1 is 1.03 bits per heavy atom. The number of aromatic nitrogens is 2. The van der Waals surface area contributed by atoms with Gasteiger partial charge in [-0.1, -0.05) is 36.4 Å². The van der Waals surface area contributed by atoms with Crippen molar-refractivity contribution in [1.82, 2.24) is 9.13 Å². The number of hydrogen-bond donors (Lipinski definition) is 2. The zero-order valence-corrected chi connectivity index (χ0v) is 19.6. The SMILES string of the molecule is COC(=N)/C=C\C(=N)n1c(=O)c2c(C)c(-c3ccccc3)sc2n(Cc2c(F)cccc2F)c1=O. The molecule has 0 radical (unpaired) electrons. The monoisotopic (exact) mass is 494 g/mol. The van der Waals surface area contributed by atoms with Crippen LogP contribution in [0.2, 0.25) is 0 Å². The van der Waals surface area contributed by atoms with Crippen molar-refractivity contribution in [3.63, 3.8) is 0 Å². The van der Waals surface area contributed by atoms with Gasteiger partial charge in [-0.3, -0.25) is 20.2 Å². The fourth-order valence-corrected chi connectivity index (χ4v) is 5.00. The highest BCUT2D eigenvalue weighted by molar-refractivity contribution is 7.22. The molecule has 35 heavy (non-hydrogen) atoms. The zero-order chi connectivity index (χ0) is 25.3. The lowest BCUT2D eigenvalue weighted by molar-refractivity contribution is 0.403. The molecule has 2 aromatic carbocycles. The molecule has 4 rings (SSSR count). The molecule has 0 bridgehead atoms. The molecule has 0 fully saturated rings. The van der Waals surface area contributed by atoms with Crippen LogP contribution in [0.5, 0.6) is 0 Å². The molecule has 0 amide bonds. The number of methoxy groups -OCH3 is 1. The maximum absolute atomic E-state index is 14.5. The van der Waals surface area contributed by atoms with Crippen LogP contribution in [0.15, 0.2) is 70.3 Å². The lowest BCUT2D eigenvalue weighted by Gasteiger charge is -2.12. The molecule has 0 atom stereocenters. The van der Waals surface area contributed by atoms with Crippen LogP contribution in [0.25, 0.3) is 20.7 Å². The summed E-state index contributed by atoms with van der Waals surface area (Å²) in [7, 11) is 1.27. The Labute approximate surface area is 202 Å². The van der Waals surface area contributed by atoms with E-state index in [9.17, 15) is 18.4 Å². The Morgan fingerprint density at radius 2 is 1.69 bits per heavy atom. The summed E-state index contributed by atoms with van der Waals surface area (Å²) in [6, 6.07) is 12.6. The number of thiophene rings is 1. The zero-order valence-electron chi connectivity index (χ0n) is 18.8. The van der Waals surface area contributed by atoms with E-state index in [1.165, 1.54) is 24.5 Å². The fraction of sp³-hybridized carbons (Fsp3) is 0.120. The predicted molar refractivity (Wildman–Crippen MR) is 133 cm³/mol. The summed E-state index contributed by atoms with van der Waals surface area (Å²) in [5.74, 6) is -2.46. The van der Waals surface area contributed by atoms with E-state index in [0.717, 1.165) is 39.3 Å². The lowest BCUT2D eigenvalue weighted by Crippen LogP contribution is -2.43. The summed E-state index contributed by atoms with van der Waals surface area (Å²) >= 11 is 1.17. The number of aryl methyl sites for hydroxylation is 1. The summed E-state index contributed by atoms with van der Waals surface area (Å²) in [6.45, 7) is 1.25. The van der Waals surface area contributed by atoms with Crippen molar-refractivity contribution in [2.75, 3.05) is 7.11 Å². The number of allylic oxidation sites excluding steroid dienone is 1. The molecule has 0 unspecified atom stereocenters. The van der Waals surface area contributed by atoms with E-state index in [2.05, 4.69) is 0 Å². The third-order valence-electron chi connectivity index (χ3n) is 5.48. The van der Waals surface area contributed by atoms with Gasteiger partial charge in [-0.2, -0.15) is 0 Å². The molecule has 0 aliphatic heterocycles. The average Bonchev–Trinajstić information content (AvgIpc) is 3.19. The molecule has 2 heterocycles. The largest absolute Gasteiger partial charge is 0.481 e. The van der Waals surface area contributed by atoms with Gasteiger partial charge < -0.3 is 4.74 Å². The van der Waals surface area contributed by atoms with E-state index in [0.29, 0.717) is 10.1 Å². The molecular formula is C25H20F2N4O3S. The smallest absolute Gasteiger partial charge is 0.338 e. The predicted octanol–water partition coefficient (Wildman–Crippen LogP) is 4.53. The molecule has 2 aromatic heterocycles. The van der Waals surface area contributed by atoms with Gasteiger partial charge in [0.25, 0.3) is 5.56 Å². The van der Waals surface area contributed by atoms with E-state index in [4.69, 9.17) is 15.6 Å². The van der Waals surface area contributed by atoms with E-state index in [-0.39, 0.29) is 21.7 Å². The minimum atomic E-state index is -0.926. The van der Waals surface area contributed by atoms with Gasteiger partial charge >= 0.3 is 5.69 Å². The van der Waals surface area contributed by atoms with Crippen molar-refractivity contribution in [2.24, 2.45) is 0 Å². The Kier molecular flexibility index (Phi) is 6.57. The number of halogens is 2. The molecule has 178 valence electrons. The Bertz CT molecular complexity index is 1600. The molecule has 4 aromatic rings. The number of nitrogens with one attached hydrogen (secondary N) is 2. The standard InChI is InChI=1S/C25H20F2N4O3S/c1-14-21-23(32)31(19(28)11-12-20(29)34-2)25(33)30(13-16-17(26)9-6-10-18(16)27)24(21)35-22(14)15-7-4-3-5-8-15/h3-12,28-29H,13H2,1-2H3/b12-11-,28-19?,29-20?. The number of benzene rings is 2. The number of ether oxygens (including phenoxy) is 1. The van der Waals surface area contributed by atoms with Gasteiger partial charge in [-0.15, -0.1) is 11.3 Å². The molecule has 2 N–H and O–H groups in total. The van der Waals surface area contributed by atoms with Crippen LogP contribution in [0.1, 0.15) is 11.1 Å². The molecular weight excluding hydrogens is 474 g/mol. The van der Waals surface area contributed by atoms with Gasteiger partial charge in [-0.25, -0.2) is 18.1 Å². The van der Waals surface area contributed by atoms with Crippen molar-refractivity contribution in [3.8, 4) is 10.4 Å². The highest BCUT2D eigenvalue weighted by Crippen LogP contribution is 2.36. The Balaban J connectivity index is 2.04. The van der Waals surface area contributed by atoms with Gasteiger partial charge in [0, 0.05) is 16.5 Å². The summed E-state index contributed by atoms with van der Waals surface area (Å²) < 4.78 is 35.4. The van der Waals surface area contributed by atoms with Crippen LogP contribution in [0.3, 0.4) is 0 Å². The van der Waals surface area contributed by atoms with Crippen LogP contribution >= 0.6 is 11.3 Å². The van der Waals surface area contributed by atoms with Crippen LogP contribution < -0.4 is 11.2 Å². The van der Waals surface area contributed by atoms with Crippen LogP contribution in [-0.2, 0) is 11.3 Å². The first-order chi connectivity index (χ1) is 16.7. The quantitative estimate of drug-likeness (QED) is 0.315. The maximum Gasteiger partial charge on any atom is 0.338 e. The highest BCUT2D eigenvalue weighted by Gasteiger charge is 2.23. The molecule has 0 spiro atoms. The van der Waals surface area contributed by atoms with Gasteiger partial charge in [0.1, 0.15) is 22.3 Å². The van der Waals surface area contributed by atoms with Crippen molar-refractivity contribution < 1.29 is 13.5 Å². The fourth-order valence-electron chi connectivity index (χ4n) is 3.70. The average molecular weight is 495 g/mol. The molecule has 0 saturated heterocycles. The van der Waals surface area contributed by atoms with Crippen LogP contribution in [-0.4, -0.2) is 28.0 Å². The topological polar surface area (TPSA) is 101 Å². The minimum absolute atomic E-state index is 0.171. The van der Waals surface area contributed by atoms with E-state index >= 15 is 0 Å². The number of rotatable bonds is 5. The second-order valence-electron chi connectivity index (χ2n) is 7.60. The summed E-state index contributed by atoms with van der Waals surface area (Å²) in [6.07, 6.45) is 2.20. The van der Waals surface area contributed by atoms with Crippen LogP contribution in [0, 0.1) is 29.4 Å². The molecule has 0 aliphatic carbocycles. The molecule has 0 aliphatic rings. The van der Waals surface area contributed by atoms with E-state index in [1.54, 1.807) is 6.92 Å². The van der Waals surface area contributed by atoms with Gasteiger partial charge in [0.15, 0.2) is 0 Å². The number of nitrogens with zero attached hydrogens (tertiary/aromatic N) is 2. The van der Waals surface area contributed by atoms with E-state index in [1.807, 2.05) is 30.3 Å². The molecule has 0 saturated carbocycles. The summed E-state index contributed by atoms with van der Waals surface area (Å²) in [4.78, 5) is 27.9.